The van der Waals surface area contributed by atoms with E-state index < -0.39 is 10.0 Å². The summed E-state index contributed by atoms with van der Waals surface area (Å²) in [6.45, 7) is 1.54. The molecule has 2 atom stereocenters. The second-order valence-corrected chi connectivity index (χ2v) is 7.56. The van der Waals surface area contributed by atoms with E-state index in [1.54, 1.807) is 22.5 Å². The van der Waals surface area contributed by atoms with Crippen molar-refractivity contribution in [2.45, 2.75) is 42.7 Å². The van der Waals surface area contributed by atoms with Gasteiger partial charge in [-0.1, -0.05) is 6.07 Å². The number of hydrogen-bond donors (Lipinski definition) is 1. The Morgan fingerprint density at radius 1 is 1.29 bits per heavy atom. The summed E-state index contributed by atoms with van der Waals surface area (Å²) in [6, 6.07) is 8.61. The fraction of sp³-hybridized carbons (Fsp3) is 0.533. The van der Waals surface area contributed by atoms with E-state index in [1.807, 2.05) is 6.07 Å². The summed E-state index contributed by atoms with van der Waals surface area (Å²) in [4.78, 5) is 0.228. The predicted octanol–water partition coefficient (Wildman–Crippen LogP) is 1.46. The Hall–Kier alpha value is -1.42. The van der Waals surface area contributed by atoms with E-state index in [-0.39, 0.29) is 17.0 Å². The van der Waals surface area contributed by atoms with Crippen LogP contribution in [0.1, 0.15) is 31.2 Å². The Morgan fingerprint density at radius 3 is 2.86 bits per heavy atom. The van der Waals surface area contributed by atoms with Crippen LogP contribution >= 0.6 is 0 Å². The number of nitrogens with one attached hydrogen (secondary N) is 1. The fourth-order valence-electron chi connectivity index (χ4n) is 3.37. The smallest absolute Gasteiger partial charge is 0.243 e. The largest absolute Gasteiger partial charge is 0.312 e. The van der Waals surface area contributed by atoms with Crippen molar-refractivity contribution in [1.29, 1.82) is 5.26 Å². The summed E-state index contributed by atoms with van der Waals surface area (Å²) in [5, 5.41) is 12.4. The van der Waals surface area contributed by atoms with E-state index >= 15 is 0 Å². The van der Waals surface area contributed by atoms with Gasteiger partial charge in [0.15, 0.2) is 0 Å². The number of sulfonamides is 1. The second kappa shape index (κ2) is 5.76. The molecule has 1 aromatic rings. The van der Waals surface area contributed by atoms with Gasteiger partial charge in [0.25, 0.3) is 0 Å². The maximum absolute atomic E-state index is 12.9. The van der Waals surface area contributed by atoms with Crippen molar-refractivity contribution in [2.75, 3.05) is 13.1 Å². The lowest BCUT2D eigenvalue weighted by Gasteiger charge is -2.28. The minimum Gasteiger partial charge on any atom is -0.312 e. The molecular formula is C15H19N3O2S. The SMILES string of the molecule is N#Cc1cccc(S(=O)(=O)N2CCCC2C2CCCN2)c1. The highest BCUT2D eigenvalue weighted by Crippen LogP contribution is 2.30. The first-order chi connectivity index (χ1) is 10.1. The van der Waals surface area contributed by atoms with Gasteiger partial charge >= 0.3 is 0 Å². The summed E-state index contributed by atoms with van der Waals surface area (Å²) < 4.78 is 27.3. The van der Waals surface area contributed by atoms with Gasteiger partial charge in [-0.25, -0.2) is 8.42 Å². The van der Waals surface area contributed by atoms with Crippen LogP contribution in [0.25, 0.3) is 0 Å². The molecule has 112 valence electrons. The molecule has 2 aliphatic rings. The van der Waals surface area contributed by atoms with Gasteiger partial charge in [-0.15, -0.1) is 0 Å². The Bertz CT molecular complexity index is 660. The zero-order valence-electron chi connectivity index (χ0n) is 11.8. The lowest BCUT2D eigenvalue weighted by atomic mass is 10.1. The van der Waals surface area contributed by atoms with Crippen molar-refractivity contribution in [2.24, 2.45) is 0 Å². The molecule has 2 aliphatic heterocycles. The Balaban J connectivity index is 1.91. The monoisotopic (exact) mass is 305 g/mol. The molecule has 21 heavy (non-hydrogen) atoms. The van der Waals surface area contributed by atoms with Crippen LogP contribution in [-0.4, -0.2) is 37.9 Å². The van der Waals surface area contributed by atoms with Gasteiger partial charge < -0.3 is 5.32 Å². The number of benzene rings is 1. The first kappa shape index (κ1) is 14.5. The van der Waals surface area contributed by atoms with Gasteiger partial charge in [-0.2, -0.15) is 9.57 Å². The van der Waals surface area contributed by atoms with Crippen molar-refractivity contribution < 1.29 is 8.42 Å². The van der Waals surface area contributed by atoms with Crippen LogP contribution in [0.15, 0.2) is 29.2 Å². The summed E-state index contributed by atoms with van der Waals surface area (Å²) in [6.07, 6.45) is 3.96. The van der Waals surface area contributed by atoms with Crippen molar-refractivity contribution in [3.05, 3.63) is 29.8 Å². The third kappa shape index (κ3) is 2.69. The van der Waals surface area contributed by atoms with Crippen LogP contribution in [0.2, 0.25) is 0 Å². The van der Waals surface area contributed by atoms with Crippen molar-refractivity contribution in [3.63, 3.8) is 0 Å². The van der Waals surface area contributed by atoms with Gasteiger partial charge in [-0.05, 0) is 50.4 Å². The van der Waals surface area contributed by atoms with Crippen molar-refractivity contribution in [1.82, 2.24) is 9.62 Å². The number of hydrogen-bond acceptors (Lipinski definition) is 4. The fourth-order valence-corrected chi connectivity index (χ4v) is 5.14. The van der Waals surface area contributed by atoms with E-state index in [2.05, 4.69) is 5.32 Å². The maximum atomic E-state index is 12.9. The molecule has 1 aromatic carbocycles. The zero-order chi connectivity index (χ0) is 14.9. The number of nitriles is 1. The van der Waals surface area contributed by atoms with Crippen molar-refractivity contribution >= 4 is 10.0 Å². The number of rotatable bonds is 3. The van der Waals surface area contributed by atoms with Crippen LogP contribution < -0.4 is 5.32 Å². The first-order valence-electron chi connectivity index (χ1n) is 7.38. The van der Waals surface area contributed by atoms with Gasteiger partial charge in [0.2, 0.25) is 10.0 Å². The van der Waals surface area contributed by atoms with Crippen LogP contribution in [0, 0.1) is 11.3 Å². The van der Waals surface area contributed by atoms with Gasteiger partial charge in [0, 0.05) is 18.6 Å². The van der Waals surface area contributed by atoms with E-state index in [9.17, 15) is 8.42 Å². The van der Waals surface area contributed by atoms with Gasteiger partial charge in [0.1, 0.15) is 0 Å². The molecule has 1 N–H and O–H groups in total. The highest BCUT2D eigenvalue weighted by Gasteiger charge is 2.40. The minimum absolute atomic E-state index is 0.0447. The average Bonchev–Trinajstić information content (AvgIpc) is 3.17. The standard InChI is InChI=1S/C15H19N3O2S/c16-11-12-4-1-5-13(10-12)21(19,20)18-9-3-7-15(18)14-6-2-8-17-14/h1,4-5,10,14-15,17H,2-3,6-9H2. The first-order valence-corrected chi connectivity index (χ1v) is 8.82. The van der Waals surface area contributed by atoms with E-state index in [4.69, 9.17) is 5.26 Å². The molecule has 0 saturated carbocycles. The molecule has 2 saturated heterocycles. The highest BCUT2D eigenvalue weighted by atomic mass is 32.2. The molecule has 0 aromatic heterocycles. The summed E-state index contributed by atoms with van der Waals surface area (Å²) in [5.74, 6) is 0. The van der Waals surface area contributed by atoms with E-state index in [1.165, 1.54) is 6.07 Å². The van der Waals surface area contributed by atoms with Gasteiger partial charge in [-0.3, -0.25) is 0 Å². The summed E-state index contributed by atoms with van der Waals surface area (Å²) in [7, 11) is -3.52. The van der Waals surface area contributed by atoms with Crippen molar-refractivity contribution in [3.8, 4) is 6.07 Å². The third-order valence-electron chi connectivity index (χ3n) is 4.38. The normalized spacial score (nSPS) is 26.8. The molecule has 5 nitrogen and oxygen atoms in total. The average molecular weight is 305 g/mol. The molecule has 3 rings (SSSR count). The zero-order valence-corrected chi connectivity index (χ0v) is 12.6. The van der Waals surface area contributed by atoms with E-state index in [0.717, 1.165) is 32.2 Å². The van der Waals surface area contributed by atoms with Gasteiger partial charge in [0.05, 0.1) is 16.5 Å². The highest BCUT2D eigenvalue weighted by molar-refractivity contribution is 7.89. The Morgan fingerprint density at radius 2 is 2.14 bits per heavy atom. The van der Waals surface area contributed by atoms with E-state index in [0.29, 0.717) is 12.1 Å². The quantitative estimate of drug-likeness (QED) is 0.917. The lowest BCUT2D eigenvalue weighted by Crippen LogP contribution is -2.46. The Kier molecular flexibility index (Phi) is 3.98. The number of nitrogens with zero attached hydrogens (tertiary/aromatic N) is 2. The predicted molar refractivity (Wildman–Crippen MR) is 79.1 cm³/mol. The molecule has 0 spiro atoms. The molecule has 0 radical (unpaired) electrons. The molecule has 0 amide bonds. The molecule has 2 unspecified atom stereocenters. The maximum Gasteiger partial charge on any atom is 0.243 e. The summed E-state index contributed by atoms with van der Waals surface area (Å²) in [5.41, 5.74) is 0.380. The minimum atomic E-state index is -3.52. The van der Waals surface area contributed by atoms with Crippen LogP contribution in [0.3, 0.4) is 0 Å². The molecule has 0 aliphatic carbocycles. The third-order valence-corrected chi connectivity index (χ3v) is 6.30. The molecule has 6 heteroatoms. The van der Waals surface area contributed by atoms with Crippen LogP contribution in [0.5, 0.6) is 0 Å². The molecule has 0 bridgehead atoms. The lowest BCUT2D eigenvalue weighted by molar-refractivity contribution is 0.322. The Labute approximate surface area is 125 Å². The van der Waals surface area contributed by atoms with Crippen LogP contribution in [-0.2, 0) is 10.0 Å². The molecular weight excluding hydrogens is 286 g/mol. The van der Waals surface area contributed by atoms with Crippen LogP contribution in [0.4, 0.5) is 0 Å². The molecule has 2 heterocycles. The topological polar surface area (TPSA) is 73.2 Å². The second-order valence-electron chi connectivity index (χ2n) is 5.67. The molecule has 2 fully saturated rings. The summed E-state index contributed by atoms with van der Waals surface area (Å²) >= 11 is 0.